The second-order valence-corrected chi connectivity index (χ2v) is 7.17. The van der Waals surface area contributed by atoms with Gasteiger partial charge in [-0.05, 0) is 62.8 Å². The van der Waals surface area contributed by atoms with Gasteiger partial charge in [-0.3, -0.25) is 0 Å². The third-order valence-electron chi connectivity index (χ3n) is 4.58. The van der Waals surface area contributed by atoms with E-state index in [-0.39, 0.29) is 11.1 Å². The van der Waals surface area contributed by atoms with Crippen LogP contribution in [0.1, 0.15) is 38.7 Å². The molecule has 1 unspecified atom stereocenters. The van der Waals surface area contributed by atoms with Crippen molar-refractivity contribution in [1.82, 2.24) is 10.3 Å². The minimum Gasteiger partial charge on any atom is -0.480 e. The number of anilines is 1. The van der Waals surface area contributed by atoms with E-state index < -0.39 is 0 Å². The van der Waals surface area contributed by atoms with Gasteiger partial charge in [0.15, 0.2) is 5.88 Å². The van der Waals surface area contributed by atoms with E-state index in [1.54, 1.807) is 12.3 Å². The Kier molecular flexibility index (Phi) is 10.6. The Labute approximate surface area is 179 Å². The quantitative estimate of drug-likeness (QED) is 0.109. The number of nitrogens with zero attached hydrogens (tertiary/aromatic N) is 2. The lowest BCUT2D eigenvalue weighted by Crippen LogP contribution is -2.16. The number of nitrogens with two attached hydrogens (primary N) is 2. The number of nitrogens with one attached hydrogen (secondary N) is 1. The molecule has 1 atom stereocenters. The summed E-state index contributed by atoms with van der Waals surface area (Å²) in [6.07, 6.45) is 6.49. The van der Waals surface area contributed by atoms with Crippen LogP contribution in [-0.4, -0.2) is 17.4 Å². The molecule has 6 nitrogen and oxygen atoms in total. The molecule has 0 aliphatic rings. The van der Waals surface area contributed by atoms with Gasteiger partial charge >= 0.3 is 0 Å². The van der Waals surface area contributed by atoms with Crippen LogP contribution in [0.4, 0.5) is 5.82 Å². The van der Waals surface area contributed by atoms with Gasteiger partial charge < -0.3 is 21.5 Å². The zero-order valence-electron chi connectivity index (χ0n) is 17.4. The predicted octanol–water partition coefficient (Wildman–Crippen LogP) is 4.62. The number of aromatic nitrogens is 1. The minimum absolute atomic E-state index is 0.170. The molecule has 0 spiro atoms. The standard InChI is InChI=1S/C22H32ClN5O/c1-6-20(15(2)16(3)22(25)28-17(4)23)9-7-8-12-29-18(5)26-13-19-10-11-21(24)27-14-19/h6,10-11,14,20,26H,1,4-5,7-9,12-13H2,2-3H3,(H2,24,27)(H2,25,28)/b16-15+. The van der Waals surface area contributed by atoms with Crippen molar-refractivity contribution in [3.05, 3.63) is 71.9 Å². The first kappa shape index (κ1) is 24.3. The van der Waals surface area contributed by atoms with Gasteiger partial charge in [0.1, 0.15) is 16.8 Å². The van der Waals surface area contributed by atoms with Crippen LogP contribution in [0.2, 0.25) is 0 Å². The summed E-state index contributed by atoms with van der Waals surface area (Å²) in [4.78, 5) is 8.06. The maximum Gasteiger partial charge on any atom is 0.179 e. The van der Waals surface area contributed by atoms with Gasteiger partial charge in [-0.2, -0.15) is 0 Å². The van der Waals surface area contributed by atoms with Crippen molar-refractivity contribution in [1.29, 1.82) is 0 Å². The van der Waals surface area contributed by atoms with Gasteiger partial charge in [-0.15, -0.1) is 6.58 Å². The fraction of sp³-hybridized carbons (Fsp3) is 0.364. The topological polar surface area (TPSA) is 98.5 Å². The van der Waals surface area contributed by atoms with Gasteiger partial charge in [0.05, 0.1) is 6.61 Å². The van der Waals surface area contributed by atoms with E-state index in [1.165, 1.54) is 0 Å². The molecule has 0 bridgehead atoms. The first-order valence-corrected chi connectivity index (χ1v) is 9.87. The van der Waals surface area contributed by atoms with E-state index in [2.05, 4.69) is 35.0 Å². The van der Waals surface area contributed by atoms with E-state index >= 15 is 0 Å². The number of unbranched alkanes of at least 4 members (excludes halogenated alkanes) is 1. The molecule has 0 aromatic carbocycles. The van der Waals surface area contributed by atoms with Crippen LogP contribution in [0, 0.1) is 5.92 Å². The molecule has 158 valence electrons. The van der Waals surface area contributed by atoms with Crippen molar-refractivity contribution in [3.8, 4) is 0 Å². The molecule has 0 fully saturated rings. The summed E-state index contributed by atoms with van der Waals surface area (Å²) >= 11 is 5.70. The molecule has 0 saturated heterocycles. The van der Waals surface area contributed by atoms with Crippen molar-refractivity contribution >= 4 is 23.3 Å². The lowest BCUT2D eigenvalue weighted by molar-refractivity contribution is 0.185. The molecule has 0 aliphatic heterocycles. The number of allylic oxidation sites excluding steroid dienone is 2. The number of hydrogen-bond acceptors (Lipinski definition) is 5. The minimum atomic E-state index is 0.170. The number of amidine groups is 1. The number of aliphatic imine (C=N–C) groups is 1. The van der Waals surface area contributed by atoms with Crippen LogP contribution in [-0.2, 0) is 11.3 Å². The summed E-state index contributed by atoms with van der Waals surface area (Å²) in [5, 5.41) is 3.29. The Morgan fingerprint density at radius 2 is 2.07 bits per heavy atom. The predicted molar refractivity (Wildman–Crippen MR) is 123 cm³/mol. The first-order chi connectivity index (χ1) is 13.7. The summed E-state index contributed by atoms with van der Waals surface area (Å²) in [6.45, 7) is 16.5. The van der Waals surface area contributed by atoms with Crippen LogP contribution >= 0.6 is 11.6 Å². The van der Waals surface area contributed by atoms with E-state index in [0.717, 1.165) is 36.0 Å². The highest BCUT2D eigenvalue weighted by Gasteiger charge is 2.11. The van der Waals surface area contributed by atoms with Crippen molar-refractivity contribution in [2.45, 2.75) is 39.7 Å². The lowest BCUT2D eigenvalue weighted by atomic mass is 9.91. The number of rotatable bonds is 13. The van der Waals surface area contributed by atoms with Gasteiger partial charge in [-0.25, -0.2) is 9.98 Å². The molecular formula is C22H32ClN5O. The highest BCUT2D eigenvalue weighted by atomic mass is 35.5. The molecule has 0 amide bonds. The molecule has 0 radical (unpaired) electrons. The van der Waals surface area contributed by atoms with Crippen LogP contribution in [0.25, 0.3) is 0 Å². The third kappa shape index (κ3) is 9.34. The van der Waals surface area contributed by atoms with Crippen molar-refractivity contribution < 1.29 is 4.74 Å². The Morgan fingerprint density at radius 3 is 2.66 bits per heavy atom. The van der Waals surface area contributed by atoms with Crippen LogP contribution in [0.15, 0.2) is 71.3 Å². The third-order valence-corrected chi connectivity index (χ3v) is 4.67. The van der Waals surface area contributed by atoms with Crippen molar-refractivity contribution in [2.75, 3.05) is 12.3 Å². The number of ether oxygens (including phenoxy) is 1. The first-order valence-electron chi connectivity index (χ1n) is 9.49. The molecule has 0 saturated carbocycles. The lowest BCUT2D eigenvalue weighted by Gasteiger charge is -2.17. The second-order valence-electron chi connectivity index (χ2n) is 6.74. The summed E-state index contributed by atoms with van der Waals surface area (Å²) in [5.41, 5.74) is 14.6. The largest absolute Gasteiger partial charge is 0.480 e. The molecule has 1 heterocycles. The number of pyridine rings is 1. The Morgan fingerprint density at radius 1 is 1.34 bits per heavy atom. The molecule has 1 aromatic rings. The van der Waals surface area contributed by atoms with Gasteiger partial charge in [0.25, 0.3) is 0 Å². The Bertz CT molecular complexity index is 768. The zero-order valence-corrected chi connectivity index (χ0v) is 18.1. The summed E-state index contributed by atoms with van der Waals surface area (Å²) in [6, 6.07) is 3.68. The van der Waals surface area contributed by atoms with Gasteiger partial charge in [0.2, 0.25) is 0 Å². The number of hydrogen-bond donors (Lipinski definition) is 3. The smallest absolute Gasteiger partial charge is 0.179 e. The number of nitrogen functional groups attached to an aromatic ring is 1. The van der Waals surface area contributed by atoms with Gasteiger partial charge in [0, 0.05) is 12.7 Å². The summed E-state index contributed by atoms with van der Waals surface area (Å²) in [5.74, 6) is 1.64. The molecule has 7 heteroatoms. The molecular weight excluding hydrogens is 386 g/mol. The zero-order chi connectivity index (χ0) is 21.8. The van der Waals surface area contributed by atoms with Gasteiger partial charge in [-0.1, -0.05) is 35.9 Å². The maximum atomic E-state index is 5.96. The maximum absolute atomic E-state index is 5.96. The molecule has 1 rings (SSSR count). The van der Waals surface area contributed by atoms with Crippen LogP contribution in [0.3, 0.4) is 0 Å². The second kappa shape index (κ2) is 12.7. The summed E-state index contributed by atoms with van der Waals surface area (Å²) < 4.78 is 5.64. The normalized spacial score (nSPS) is 13.3. The Hall–Kier alpha value is -2.73. The van der Waals surface area contributed by atoms with E-state index in [9.17, 15) is 0 Å². The van der Waals surface area contributed by atoms with Crippen LogP contribution < -0.4 is 16.8 Å². The molecule has 5 N–H and O–H groups in total. The fourth-order valence-corrected chi connectivity index (χ4v) is 2.75. The van der Waals surface area contributed by atoms with Crippen LogP contribution in [0.5, 0.6) is 0 Å². The fourth-order valence-electron chi connectivity index (χ4n) is 2.66. The average molecular weight is 418 g/mol. The van der Waals surface area contributed by atoms with E-state index in [1.807, 2.05) is 26.0 Å². The average Bonchev–Trinajstić information content (AvgIpc) is 2.68. The van der Waals surface area contributed by atoms with E-state index in [0.29, 0.717) is 30.7 Å². The molecule has 29 heavy (non-hydrogen) atoms. The van der Waals surface area contributed by atoms with Crippen molar-refractivity contribution in [2.24, 2.45) is 16.6 Å². The summed E-state index contributed by atoms with van der Waals surface area (Å²) in [7, 11) is 0. The highest BCUT2D eigenvalue weighted by Crippen LogP contribution is 2.22. The van der Waals surface area contributed by atoms with Crippen molar-refractivity contribution in [3.63, 3.8) is 0 Å². The SMILES string of the molecule is C=CC(CCCCOC(=C)NCc1ccc(N)nc1)/C(C)=C(\C)C(N)=NC(=C)Cl. The number of halogens is 1. The molecule has 0 aliphatic carbocycles. The Balaban J connectivity index is 2.36. The monoisotopic (exact) mass is 417 g/mol. The molecule has 1 aromatic heterocycles. The highest BCUT2D eigenvalue weighted by molar-refractivity contribution is 6.29. The van der Waals surface area contributed by atoms with E-state index in [4.69, 9.17) is 27.8 Å².